The quantitative estimate of drug-likeness (QED) is 0.905. The van der Waals surface area contributed by atoms with Gasteiger partial charge in [0.05, 0.1) is 10.9 Å². The SMILES string of the molecule is C=C1c2ccccc2N=C(S[C@@H](C)C(=O)Nc2ccccc2)N1C. The van der Waals surface area contributed by atoms with E-state index in [-0.39, 0.29) is 11.2 Å². The van der Waals surface area contributed by atoms with Crippen LogP contribution < -0.4 is 5.32 Å². The molecule has 0 aliphatic carbocycles. The van der Waals surface area contributed by atoms with E-state index in [1.54, 1.807) is 0 Å². The van der Waals surface area contributed by atoms with Crippen molar-refractivity contribution in [1.29, 1.82) is 0 Å². The molecule has 1 amide bonds. The summed E-state index contributed by atoms with van der Waals surface area (Å²) in [6, 6.07) is 17.3. The van der Waals surface area contributed by atoms with Gasteiger partial charge in [0.1, 0.15) is 0 Å². The molecule has 1 heterocycles. The van der Waals surface area contributed by atoms with Crippen LogP contribution in [0.2, 0.25) is 0 Å². The maximum atomic E-state index is 12.4. The van der Waals surface area contributed by atoms with Gasteiger partial charge < -0.3 is 10.2 Å². The van der Waals surface area contributed by atoms with E-state index in [0.717, 1.165) is 27.8 Å². The van der Waals surface area contributed by atoms with Gasteiger partial charge in [-0.15, -0.1) is 0 Å². The molecular formula is C19H19N3OS. The van der Waals surface area contributed by atoms with Crippen LogP contribution in [0.15, 0.2) is 66.2 Å². The Kier molecular flexibility index (Phi) is 4.71. The van der Waals surface area contributed by atoms with E-state index in [4.69, 9.17) is 0 Å². The first-order valence-electron chi connectivity index (χ1n) is 7.69. The average molecular weight is 337 g/mol. The first-order valence-corrected chi connectivity index (χ1v) is 8.57. The van der Waals surface area contributed by atoms with Crippen molar-refractivity contribution in [1.82, 2.24) is 4.90 Å². The number of thioether (sulfide) groups is 1. The summed E-state index contributed by atoms with van der Waals surface area (Å²) in [6.07, 6.45) is 0. The van der Waals surface area contributed by atoms with Crippen molar-refractivity contribution in [2.75, 3.05) is 12.4 Å². The Hall–Kier alpha value is -2.53. The molecule has 0 bridgehead atoms. The van der Waals surface area contributed by atoms with E-state index in [2.05, 4.69) is 16.9 Å². The van der Waals surface area contributed by atoms with E-state index in [1.165, 1.54) is 11.8 Å². The lowest BCUT2D eigenvalue weighted by Gasteiger charge is -2.29. The molecule has 0 spiro atoms. The number of amidine groups is 1. The molecule has 5 heteroatoms. The number of anilines is 1. The summed E-state index contributed by atoms with van der Waals surface area (Å²) in [4.78, 5) is 19.0. The monoisotopic (exact) mass is 337 g/mol. The maximum absolute atomic E-state index is 12.4. The molecule has 1 N–H and O–H groups in total. The molecule has 2 aromatic carbocycles. The number of nitrogens with one attached hydrogen (secondary N) is 1. The number of hydrogen-bond acceptors (Lipinski definition) is 4. The number of hydrogen-bond donors (Lipinski definition) is 1. The van der Waals surface area contributed by atoms with E-state index in [9.17, 15) is 4.79 Å². The summed E-state index contributed by atoms with van der Waals surface area (Å²) in [7, 11) is 1.92. The number of amides is 1. The zero-order valence-corrected chi connectivity index (χ0v) is 14.5. The second-order valence-electron chi connectivity index (χ2n) is 5.53. The third kappa shape index (κ3) is 3.36. The number of rotatable bonds is 3. The van der Waals surface area contributed by atoms with Crippen LogP contribution in [0.3, 0.4) is 0 Å². The molecule has 2 aromatic rings. The fourth-order valence-corrected chi connectivity index (χ4v) is 3.27. The highest BCUT2D eigenvalue weighted by molar-refractivity contribution is 8.14. The molecule has 4 nitrogen and oxygen atoms in total. The molecule has 1 aliphatic rings. The first-order chi connectivity index (χ1) is 11.6. The molecule has 0 fully saturated rings. The molecule has 0 radical (unpaired) electrons. The van der Waals surface area contributed by atoms with Gasteiger partial charge in [0.25, 0.3) is 0 Å². The second-order valence-corrected chi connectivity index (χ2v) is 6.84. The Morgan fingerprint density at radius 2 is 1.83 bits per heavy atom. The number of benzene rings is 2. The highest BCUT2D eigenvalue weighted by Gasteiger charge is 2.24. The van der Waals surface area contributed by atoms with E-state index in [0.29, 0.717) is 0 Å². The lowest BCUT2D eigenvalue weighted by atomic mass is 10.1. The maximum Gasteiger partial charge on any atom is 0.237 e. The van der Waals surface area contributed by atoms with Crippen molar-refractivity contribution in [3.8, 4) is 0 Å². The van der Waals surface area contributed by atoms with Crippen LogP contribution in [-0.4, -0.2) is 28.3 Å². The van der Waals surface area contributed by atoms with Crippen molar-refractivity contribution >= 4 is 39.9 Å². The number of aliphatic imine (C=N–C) groups is 1. The predicted octanol–water partition coefficient (Wildman–Crippen LogP) is 4.35. The topological polar surface area (TPSA) is 44.7 Å². The average Bonchev–Trinajstić information content (AvgIpc) is 2.60. The van der Waals surface area contributed by atoms with Crippen molar-refractivity contribution in [3.05, 3.63) is 66.7 Å². The minimum absolute atomic E-state index is 0.0493. The molecule has 0 saturated heterocycles. The van der Waals surface area contributed by atoms with Gasteiger partial charge in [-0.1, -0.05) is 54.7 Å². The van der Waals surface area contributed by atoms with Crippen LogP contribution in [0.4, 0.5) is 11.4 Å². The van der Waals surface area contributed by atoms with Crippen molar-refractivity contribution in [3.63, 3.8) is 0 Å². The van der Waals surface area contributed by atoms with Crippen molar-refractivity contribution in [2.45, 2.75) is 12.2 Å². The Labute approximate surface area is 146 Å². The number of carbonyl (C=O) groups is 1. The Balaban J connectivity index is 1.74. The van der Waals surface area contributed by atoms with Crippen LogP contribution in [0.1, 0.15) is 12.5 Å². The molecule has 0 aromatic heterocycles. The molecule has 0 unspecified atom stereocenters. The smallest absolute Gasteiger partial charge is 0.237 e. The fourth-order valence-electron chi connectivity index (χ4n) is 2.37. The normalized spacial score (nSPS) is 14.7. The lowest BCUT2D eigenvalue weighted by molar-refractivity contribution is -0.115. The van der Waals surface area contributed by atoms with Gasteiger partial charge >= 0.3 is 0 Å². The molecule has 1 atom stereocenters. The summed E-state index contributed by atoms with van der Waals surface area (Å²) in [5.74, 6) is -0.0493. The van der Waals surface area contributed by atoms with E-state index < -0.39 is 0 Å². The Morgan fingerprint density at radius 3 is 2.58 bits per heavy atom. The number of nitrogens with zero attached hydrogens (tertiary/aromatic N) is 2. The Morgan fingerprint density at radius 1 is 1.17 bits per heavy atom. The second kappa shape index (κ2) is 6.93. The van der Waals surface area contributed by atoms with Crippen LogP contribution >= 0.6 is 11.8 Å². The van der Waals surface area contributed by atoms with Gasteiger partial charge in [-0.25, -0.2) is 4.99 Å². The van der Waals surface area contributed by atoms with Crippen molar-refractivity contribution < 1.29 is 4.79 Å². The standard InChI is InChI=1S/C19H19N3OS/c1-13-16-11-7-8-12-17(16)21-19(22(13)3)24-14(2)18(23)20-15-9-5-4-6-10-15/h4-12,14H,1H2,2-3H3,(H,20,23)/t14-/m0/s1. The number of para-hydroxylation sites is 2. The summed E-state index contributed by atoms with van der Waals surface area (Å²) >= 11 is 1.43. The van der Waals surface area contributed by atoms with Gasteiger partial charge in [0, 0.05) is 24.0 Å². The minimum atomic E-state index is -0.274. The molecule has 1 aliphatic heterocycles. The van der Waals surface area contributed by atoms with Crippen LogP contribution in [0, 0.1) is 0 Å². The number of fused-ring (bicyclic) bond motifs is 1. The van der Waals surface area contributed by atoms with Crippen LogP contribution in [0.25, 0.3) is 5.70 Å². The molecule has 0 saturated carbocycles. The van der Waals surface area contributed by atoms with Gasteiger partial charge in [-0.3, -0.25) is 4.79 Å². The largest absolute Gasteiger partial charge is 0.325 e. The highest BCUT2D eigenvalue weighted by atomic mass is 32.2. The van der Waals surface area contributed by atoms with Gasteiger partial charge in [-0.05, 0) is 25.1 Å². The minimum Gasteiger partial charge on any atom is -0.325 e. The number of carbonyl (C=O) groups excluding carboxylic acids is 1. The summed E-state index contributed by atoms with van der Waals surface area (Å²) < 4.78 is 0. The van der Waals surface area contributed by atoms with Crippen molar-refractivity contribution in [2.24, 2.45) is 4.99 Å². The zero-order chi connectivity index (χ0) is 17.1. The molecule has 3 rings (SSSR count). The lowest BCUT2D eigenvalue weighted by Crippen LogP contribution is -2.30. The summed E-state index contributed by atoms with van der Waals surface area (Å²) in [5, 5.41) is 3.42. The Bertz CT molecular complexity index is 801. The first kappa shape index (κ1) is 16.3. The van der Waals surface area contributed by atoms with Gasteiger partial charge in [0.2, 0.25) is 5.91 Å². The predicted molar refractivity (Wildman–Crippen MR) is 102 cm³/mol. The van der Waals surface area contributed by atoms with Crippen LogP contribution in [-0.2, 0) is 4.79 Å². The third-order valence-electron chi connectivity index (χ3n) is 3.82. The zero-order valence-electron chi connectivity index (χ0n) is 13.7. The molecule has 122 valence electrons. The third-order valence-corrected chi connectivity index (χ3v) is 4.96. The summed E-state index contributed by atoms with van der Waals surface area (Å²) in [5.41, 5.74) is 3.59. The summed E-state index contributed by atoms with van der Waals surface area (Å²) in [6.45, 7) is 6.02. The fraction of sp³-hybridized carbons (Fsp3) is 0.158. The van der Waals surface area contributed by atoms with Gasteiger partial charge in [0.15, 0.2) is 5.17 Å². The molecular weight excluding hydrogens is 318 g/mol. The van der Waals surface area contributed by atoms with Crippen LogP contribution in [0.5, 0.6) is 0 Å². The highest BCUT2D eigenvalue weighted by Crippen LogP contribution is 2.35. The van der Waals surface area contributed by atoms with E-state index in [1.807, 2.05) is 73.5 Å². The van der Waals surface area contributed by atoms with E-state index >= 15 is 0 Å². The van der Waals surface area contributed by atoms with Gasteiger partial charge in [-0.2, -0.15) is 0 Å². The molecule has 24 heavy (non-hydrogen) atoms.